The molecule has 0 aliphatic heterocycles. The molecule has 0 atom stereocenters. The third-order valence-electron chi connectivity index (χ3n) is 2.86. The van der Waals surface area contributed by atoms with Gasteiger partial charge in [-0.05, 0) is 18.1 Å². The fourth-order valence-electron chi connectivity index (χ4n) is 1.77. The lowest BCUT2D eigenvalue weighted by Crippen LogP contribution is -2.35. The first kappa shape index (κ1) is 15.6. The molecular weight excluding hydrogens is 252 g/mol. The molecule has 0 fully saturated rings. The van der Waals surface area contributed by atoms with Gasteiger partial charge in [-0.1, -0.05) is 19.4 Å². The summed E-state index contributed by atoms with van der Waals surface area (Å²) in [5, 5.41) is 8.92. The molecule has 1 N–H and O–H groups in total. The van der Waals surface area contributed by atoms with Crippen LogP contribution in [0, 0.1) is 11.6 Å². The zero-order chi connectivity index (χ0) is 14.3. The molecule has 1 aromatic rings. The highest BCUT2D eigenvalue weighted by Crippen LogP contribution is 2.11. The predicted octanol–water partition coefficient (Wildman–Crippen LogP) is 2.13. The summed E-state index contributed by atoms with van der Waals surface area (Å²) in [6.45, 7) is 2.66. The second-order valence-corrected chi connectivity index (χ2v) is 4.37. The van der Waals surface area contributed by atoms with Crippen molar-refractivity contribution in [3.63, 3.8) is 0 Å². The summed E-state index contributed by atoms with van der Waals surface area (Å²) in [5.41, 5.74) is 0.172. The van der Waals surface area contributed by atoms with Gasteiger partial charge in [0, 0.05) is 19.2 Å². The Morgan fingerprint density at radius 2 is 2.05 bits per heavy atom. The van der Waals surface area contributed by atoms with Gasteiger partial charge in [-0.2, -0.15) is 0 Å². The standard InChI is InChI=1S/C14H19F2NO2/c1-2-3-6-17(7-8-18)14(19)9-11-4-5-12(15)10-13(11)16/h4-5,10,18H,2-3,6-9H2,1H3. The maximum atomic E-state index is 13.5. The van der Waals surface area contributed by atoms with Crippen LogP contribution in [0.5, 0.6) is 0 Å². The highest BCUT2D eigenvalue weighted by Gasteiger charge is 2.15. The molecule has 0 aliphatic carbocycles. The second kappa shape index (κ2) is 7.84. The minimum atomic E-state index is -0.715. The maximum Gasteiger partial charge on any atom is 0.227 e. The van der Waals surface area contributed by atoms with E-state index in [9.17, 15) is 13.6 Å². The fraction of sp³-hybridized carbons (Fsp3) is 0.500. The maximum absolute atomic E-state index is 13.5. The Morgan fingerprint density at radius 1 is 1.32 bits per heavy atom. The number of amides is 1. The number of aliphatic hydroxyl groups excluding tert-OH is 1. The Hall–Kier alpha value is -1.49. The van der Waals surface area contributed by atoms with E-state index in [2.05, 4.69) is 0 Å². The molecule has 0 aliphatic rings. The van der Waals surface area contributed by atoms with Crippen LogP contribution in [0.3, 0.4) is 0 Å². The van der Waals surface area contributed by atoms with Gasteiger partial charge < -0.3 is 10.0 Å². The SMILES string of the molecule is CCCCN(CCO)C(=O)Cc1ccc(F)cc1F. The molecule has 0 unspecified atom stereocenters. The van der Waals surface area contributed by atoms with Crippen LogP contribution in [0.2, 0.25) is 0 Å². The smallest absolute Gasteiger partial charge is 0.227 e. The van der Waals surface area contributed by atoms with Crippen LogP contribution < -0.4 is 0 Å². The summed E-state index contributed by atoms with van der Waals surface area (Å²) < 4.78 is 26.2. The van der Waals surface area contributed by atoms with Crippen LogP contribution in [0.15, 0.2) is 18.2 Å². The van der Waals surface area contributed by atoms with E-state index in [1.54, 1.807) is 0 Å². The molecule has 1 rings (SSSR count). The van der Waals surface area contributed by atoms with Gasteiger partial charge in [0.25, 0.3) is 0 Å². The van der Waals surface area contributed by atoms with Gasteiger partial charge in [-0.25, -0.2) is 8.78 Å². The van der Waals surface area contributed by atoms with Crippen molar-refractivity contribution in [1.82, 2.24) is 4.90 Å². The number of nitrogens with zero attached hydrogens (tertiary/aromatic N) is 1. The number of unbranched alkanes of at least 4 members (excludes halogenated alkanes) is 1. The molecule has 0 saturated carbocycles. The van der Waals surface area contributed by atoms with Gasteiger partial charge in [0.15, 0.2) is 0 Å². The van der Waals surface area contributed by atoms with E-state index < -0.39 is 11.6 Å². The van der Waals surface area contributed by atoms with Gasteiger partial charge in [-0.3, -0.25) is 4.79 Å². The molecule has 0 heterocycles. The number of hydrogen-bond donors (Lipinski definition) is 1. The van der Waals surface area contributed by atoms with Crippen molar-refractivity contribution in [2.45, 2.75) is 26.2 Å². The molecule has 0 saturated heterocycles. The van der Waals surface area contributed by atoms with Crippen molar-refractivity contribution in [2.24, 2.45) is 0 Å². The average molecular weight is 271 g/mol. The Bertz CT molecular complexity index is 424. The van der Waals surface area contributed by atoms with Crippen molar-refractivity contribution < 1.29 is 18.7 Å². The first-order valence-electron chi connectivity index (χ1n) is 6.41. The monoisotopic (exact) mass is 271 g/mol. The topological polar surface area (TPSA) is 40.5 Å². The highest BCUT2D eigenvalue weighted by molar-refractivity contribution is 5.78. The molecule has 0 aromatic heterocycles. The van der Waals surface area contributed by atoms with Crippen molar-refractivity contribution in [3.8, 4) is 0 Å². The van der Waals surface area contributed by atoms with Gasteiger partial charge in [0.05, 0.1) is 13.0 Å². The fourth-order valence-corrected chi connectivity index (χ4v) is 1.77. The van der Waals surface area contributed by atoms with Crippen LogP contribution in [-0.4, -0.2) is 35.6 Å². The Morgan fingerprint density at radius 3 is 2.63 bits per heavy atom. The number of carbonyl (C=O) groups is 1. The van der Waals surface area contributed by atoms with Crippen LogP contribution in [-0.2, 0) is 11.2 Å². The Balaban J connectivity index is 2.69. The third kappa shape index (κ3) is 4.95. The van der Waals surface area contributed by atoms with Crippen molar-refractivity contribution >= 4 is 5.91 Å². The summed E-state index contributed by atoms with van der Waals surface area (Å²) in [6.07, 6.45) is 1.65. The van der Waals surface area contributed by atoms with E-state index in [1.165, 1.54) is 11.0 Å². The van der Waals surface area contributed by atoms with E-state index in [0.717, 1.165) is 25.0 Å². The first-order valence-corrected chi connectivity index (χ1v) is 6.41. The van der Waals surface area contributed by atoms with Crippen LogP contribution in [0.4, 0.5) is 8.78 Å². The third-order valence-corrected chi connectivity index (χ3v) is 2.86. The van der Waals surface area contributed by atoms with Crippen LogP contribution in [0.25, 0.3) is 0 Å². The molecule has 0 bridgehead atoms. The van der Waals surface area contributed by atoms with E-state index in [0.29, 0.717) is 6.54 Å². The molecule has 1 amide bonds. The number of hydrogen-bond acceptors (Lipinski definition) is 2. The summed E-state index contributed by atoms with van der Waals surface area (Å²) in [4.78, 5) is 13.5. The van der Waals surface area contributed by atoms with Crippen molar-refractivity contribution in [2.75, 3.05) is 19.7 Å². The summed E-state index contributed by atoms with van der Waals surface area (Å²) >= 11 is 0. The molecule has 0 radical (unpaired) electrons. The lowest BCUT2D eigenvalue weighted by Gasteiger charge is -2.21. The summed E-state index contributed by atoms with van der Waals surface area (Å²) in [5.74, 6) is -1.63. The van der Waals surface area contributed by atoms with E-state index in [1.807, 2.05) is 6.92 Å². The zero-order valence-corrected chi connectivity index (χ0v) is 11.0. The highest BCUT2D eigenvalue weighted by atomic mass is 19.1. The summed E-state index contributed by atoms with van der Waals surface area (Å²) in [6, 6.07) is 3.18. The molecule has 5 heteroatoms. The number of halogens is 2. The average Bonchev–Trinajstić information content (AvgIpc) is 2.37. The lowest BCUT2D eigenvalue weighted by atomic mass is 10.1. The summed E-state index contributed by atoms with van der Waals surface area (Å²) in [7, 11) is 0. The number of benzene rings is 1. The Kier molecular flexibility index (Phi) is 6.42. The number of carbonyl (C=O) groups excluding carboxylic acids is 1. The van der Waals surface area contributed by atoms with Crippen molar-refractivity contribution in [3.05, 3.63) is 35.4 Å². The van der Waals surface area contributed by atoms with Crippen LogP contribution in [0.1, 0.15) is 25.3 Å². The van der Waals surface area contributed by atoms with E-state index in [4.69, 9.17) is 5.11 Å². The number of rotatable bonds is 7. The van der Waals surface area contributed by atoms with Crippen LogP contribution >= 0.6 is 0 Å². The lowest BCUT2D eigenvalue weighted by molar-refractivity contribution is -0.131. The van der Waals surface area contributed by atoms with E-state index >= 15 is 0 Å². The molecule has 106 valence electrons. The van der Waals surface area contributed by atoms with Gasteiger partial charge >= 0.3 is 0 Å². The minimum absolute atomic E-state index is 0.115. The second-order valence-electron chi connectivity index (χ2n) is 4.37. The largest absolute Gasteiger partial charge is 0.395 e. The normalized spacial score (nSPS) is 10.5. The van der Waals surface area contributed by atoms with E-state index in [-0.39, 0.29) is 31.0 Å². The minimum Gasteiger partial charge on any atom is -0.395 e. The quantitative estimate of drug-likeness (QED) is 0.825. The van der Waals surface area contributed by atoms with Gasteiger partial charge in [0.2, 0.25) is 5.91 Å². The number of aliphatic hydroxyl groups is 1. The first-order chi connectivity index (χ1) is 9.08. The molecule has 1 aromatic carbocycles. The molecule has 19 heavy (non-hydrogen) atoms. The molecule has 0 spiro atoms. The molecular formula is C14H19F2NO2. The predicted molar refractivity (Wildman–Crippen MR) is 68.6 cm³/mol. The molecule has 3 nitrogen and oxygen atoms in total. The van der Waals surface area contributed by atoms with Gasteiger partial charge in [-0.15, -0.1) is 0 Å². The Labute approximate surface area is 111 Å². The van der Waals surface area contributed by atoms with Crippen molar-refractivity contribution in [1.29, 1.82) is 0 Å². The van der Waals surface area contributed by atoms with Gasteiger partial charge in [0.1, 0.15) is 11.6 Å². The zero-order valence-electron chi connectivity index (χ0n) is 11.0.